The lowest BCUT2D eigenvalue weighted by atomic mass is 10.0. The maximum atomic E-state index is 13.0. The monoisotopic (exact) mass is 420 g/mol. The van der Waals surface area contributed by atoms with Gasteiger partial charge in [-0.15, -0.1) is 0 Å². The van der Waals surface area contributed by atoms with E-state index in [1.807, 2.05) is 13.8 Å². The second-order valence-electron chi connectivity index (χ2n) is 8.27. The van der Waals surface area contributed by atoms with Gasteiger partial charge < -0.3 is 25.0 Å². The SMILES string of the molecule is CC(C)CC(NC(=O)OC(C)(C)C)C(N)=NOCc1coc(-c2ccc(F)cc2)n1. The molecule has 0 spiro atoms. The lowest BCUT2D eigenvalue weighted by Gasteiger charge is -2.24. The van der Waals surface area contributed by atoms with Gasteiger partial charge in [-0.2, -0.15) is 0 Å². The maximum Gasteiger partial charge on any atom is 0.408 e. The van der Waals surface area contributed by atoms with Crippen molar-refractivity contribution in [3.63, 3.8) is 0 Å². The quantitative estimate of drug-likeness (QED) is 0.376. The van der Waals surface area contributed by atoms with E-state index in [9.17, 15) is 9.18 Å². The van der Waals surface area contributed by atoms with Crippen molar-refractivity contribution in [1.82, 2.24) is 10.3 Å². The van der Waals surface area contributed by atoms with Gasteiger partial charge in [0, 0.05) is 5.56 Å². The van der Waals surface area contributed by atoms with Gasteiger partial charge in [0.25, 0.3) is 0 Å². The number of benzene rings is 1. The minimum absolute atomic E-state index is 0.0201. The molecule has 0 aliphatic carbocycles. The van der Waals surface area contributed by atoms with Crippen LogP contribution in [0, 0.1) is 11.7 Å². The summed E-state index contributed by atoms with van der Waals surface area (Å²) in [5.74, 6) is 0.383. The molecule has 1 atom stereocenters. The summed E-state index contributed by atoms with van der Waals surface area (Å²) in [7, 11) is 0. The van der Waals surface area contributed by atoms with Crippen molar-refractivity contribution in [2.45, 2.75) is 59.3 Å². The van der Waals surface area contributed by atoms with E-state index < -0.39 is 17.7 Å². The van der Waals surface area contributed by atoms with Crippen LogP contribution in [0.25, 0.3) is 11.5 Å². The fraction of sp³-hybridized carbons (Fsp3) is 0.476. The second-order valence-corrected chi connectivity index (χ2v) is 8.27. The van der Waals surface area contributed by atoms with Gasteiger partial charge in [-0.05, 0) is 57.4 Å². The lowest BCUT2D eigenvalue weighted by Crippen LogP contribution is -2.47. The third kappa shape index (κ3) is 7.73. The van der Waals surface area contributed by atoms with Crippen molar-refractivity contribution in [1.29, 1.82) is 0 Å². The number of nitrogens with zero attached hydrogens (tertiary/aromatic N) is 2. The van der Waals surface area contributed by atoms with Gasteiger partial charge in [-0.3, -0.25) is 0 Å². The number of aromatic nitrogens is 1. The number of ether oxygens (including phenoxy) is 1. The van der Waals surface area contributed by atoms with E-state index >= 15 is 0 Å². The van der Waals surface area contributed by atoms with Gasteiger partial charge in [0.2, 0.25) is 5.89 Å². The Bertz CT molecular complexity index is 857. The van der Waals surface area contributed by atoms with Gasteiger partial charge in [-0.1, -0.05) is 19.0 Å². The zero-order valence-corrected chi connectivity index (χ0v) is 17.9. The zero-order chi connectivity index (χ0) is 22.3. The van der Waals surface area contributed by atoms with E-state index in [-0.39, 0.29) is 24.2 Å². The van der Waals surface area contributed by atoms with Crippen LogP contribution in [0.3, 0.4) is 0 Å². The highest BCUT2D eigenvalue weighted by Gasteiger charge is 2.23. The largest absolute Gasteiger partial charge is 0.444 e. The third-order valence-corrected chi connectivity index (χ3v) is 3.78. The molecule has 2 aromatic rings. The molecule has 8 nitrogen and oxygen atoms in total. The van der Waals surface area contributed by atoms with Crippen LogP contribution in [0.2, 0.25) is 0 Å². The van der Waals surface area contributed by atoms with Crippen LogP contribution in [0.1, 0.15) is 46.7 Å². The summed E-state index contributed by atoms with van der Waals surface area (Å²) >= 11 is 0. The predicted octanol–water partition coefficient (Wildman–Crippen LogP) is 4.21. The molecule has 164 valence electrons. The first-order valence-electron chi connectivity index (χ1n) is 9.68. The first-order chi connectivity index (χ1) is 14.0. The second kappa shape index (κ2) is 10.1. The van der Waals surface area contributed by atoms with Crippen LogP contribution >= 0.6 is 0 Å². The number of oxime groups is 1. The summed E-state index contributed by atoms with van der Waals surface area (Å²) in [6, 6.07) is 5.26. The molecule has 0 radical (unpaired) electrons. The van der Waals surface area contributed by atoms with Crippen LogP contribution in [-0.4, -0.2) is 28.6 Å². The lowest BCUT2D eigenvalue weighted by molar-refractivity contribution is 0.0512. The molecule has 1 unspecified atom stereocenters. The molecule has 9 heteroatoms. The fourth-order valence-electron chi connectivity index (χ4n) is 2.51. The number of oxazole rings is 1. The number of amidine groups is 1. The molecule has 1 aromatic heterocycles. The Labute approximate surface area is 175 Å². The summed E-state index contributed by atoms with van der Waals surface area (Å²) in [6.45, 7) is 9.37. The Kier molecular flexibility index (Phi) is 7.79. The molecule has 0 saturated heterocycles. The van der Waals surface area contributed by atoms with Crippen molar-refractivity contribution < 1.29 is 23.2 Å². The number of nitrogens with two attached hydrogens (primary N) is 1. The summed E-state index contributed by atoms with van der Waals surface area (Å²) in [6.07, 6.45) is 1.41. The van der Waals surface area contributed by atoms with Crippen LogP contribution in [0.4, 0.5) is 9.18 Å². The average Bonchev–Trinajstić information content (AvgIpc) is 3.08. The molecular weight excluding hydrogens is 391 g/mol. The first-order valence-corrected chi connectivity index (χ1v) is 9.68. The van der Waals surface area contributed by atoms with Crippen molar-refractivity contribution in [2.75, 3.05) is 0 Å². The minimum atomic E-state index is -0.621. The van der Waals surface area contributed by atoms with Crippen LogP contribution in [0.15, 0.2) is 40.1 Å². The van der Waals surface area contributed by atoms with Crippen molar-refractivity contribution in [3.8, 4) is 11.5 Å². The summed E-state index contributed by atoms with van der Waals surface area (Å²) < 4.78 is 23.7. The van der Waals surface area contributed by atoms with E-state index in [1.54, 1.807) is 32.9 Å². The van der Waals surface area contributed by atoms with Crippen LogP contribution < -0.4 is 11.1 Å². The van der Waals surface area contributed by atoms with E-state index in [4.69, 9.17) is 19.7 Å². The Morgan fingerprint density at radius 1 is 1.30 bits per heavy atom. The summed E-state index contributed by atoms with van der Waals surface area (Å²) in [4.78, 5) is 21.6. The van der Waals surface area contributed by atoms with Gasteiger partial charge in [-0.25, -0.2) is 14.2 Å². The number of hydrogen-bond donors (Lipinski definition) is 2. The number of alkyl carbamates (subject to hydrolysis) is 1. The molecule has 1 amide bonds. The molecule has 0 fully saturated rings. The predicted molar refractivity (Wildman–Crippen MR) is 111 cm³/mol. The molecule has 0 aliphatic rings. The molecule has 30 heavy (non-hydrogen) atoms. The van der Waals surface area contributed by atoms with E-state index in [0.29, 0.717) is 23.6 Å². The highest BCUT2D eigenvalue weighted by Crippen LogP contribution is 2.19. The number of nitrogens with one attached hydrogen (secondary N) is 1. The number of carbonyl (C=O) groups excluding carboxylic acids is 1. The average molecular weight is 420 g/mol. The zero-order valence-electron chi connectivity index (χ0n) is 17.9. The number of rotatable bonds is 8. The van der Waals surface area contributed by atoms with E-state index in [2.05, 4.69) is 15.5 Å². The molecule has 3 N–H and O–H groups in total. The highest BCUT2D eigenvalue weighted by atomic mass is 19.1. The number of halogens is 1. The summed E-state index contributed by atoms with van der Waals surface area (Å²) in [5.41, 5.74) is 6.54. The number of hydrogen-bond acceptors (Lipinski definition) is 6. The standard InChI is InChI=1S/C21H29FN4O4/c1-13(2)10-17(25-20(27)30-21(3,4)5)18(23)26-29-12-16-11-28-19(24-16)14-6-8-15(22)9-7-14/h6-9,11,13,17H,10,12H2,1-5H3,(H2,23,26)(H,25,27). The van der Waals surface area contributed by atoms with Crippen molar-refractivity contribution in [2.24, 2.45) is 16.8 Å². The Morgan fingerprint density at radius 3 is 2.57 bits per heavy atom. The van der Waals surface area contributed by atoms with Crippen molar-refractivity contribution >= 4 is 11.9 Å². The van der Waals surface area contributed by atoms with E-state index in [1.165, 1.54) is 18.4 Å². The Hall–Kier alpha value is -3.10. The highest BCUT2D eigenvalue weighted by molar-refractivity contribution is 5.88. The smallest absolute Gasteiger partial charge is 0.408 e. The fourth-order valence-corrected chi connectivity index (χ4v) is 2.51. The molecular formula is C21H29FN4O4. The molecule has 1 heterocycles. The third-order valence-electron chi connectivity index (χ3n) is 3.78. The Balaban J connectivity index is 1.97. The minimum Gasteiger partial charge on any atom is -0.444 e. The van der Waals surface area contributed by atoms with Crippen molar-refractivity contribution in [3.05, 3.63) is 42.0 Å². The van der Waals surface area contributed by atoms with Gasteiger partial charge >= 0.3 is 6.09 Å². The number of amides is 1. The normalized spacial score (nSPS) is 13.2. The molecule has 2 rings (SSSR count). The first kappa shape index (κ1) is 23.2. The molecule has 0 aliphatic heterocycles. The van der Waals surface area contributed by atoms with Gasteiger partial charge in [0.15, 0.2) is 12.4 Å². The van der Waals surface area contributed by atoms with Crippen LogP contribution in [-0.2, 0) is 16.2 Å². The molecule has 1 aromatic carbocycles. The topological polar surface area (TPSA) is 112 Å². The molecule has 0 bridgehead atoms. The molecule has 0 saturated carbocycles. The summed E-state index contributed by atoms with van der Waals surface area (Å²) in [5, 5.41) is 6.63. The number of carbonyl (C=O) groups is 1. The van der Waals surface area contributed by atoms with Gasteiger partial charge in [0.1, 0.15) is 23.4 Å². The van der Waals surface area contributed by atoms with Gasteiger partial charge in [0.05, 0.1) is 6.04 Å². The maximum absolute atomic E-state index is 13.0. The van der Waals surface area contributed by atoms with Crippen LogP contribution in [0.5, 0.6) is 0 Å². The van der Waals surface area contributed by atoms with E-state index in [0.717, 1.165) is 0 Å². The Morgan fingerprint density at radius 2 is 1.97 bits per heavy atom.